The lowest BCUT2D eigenvalue weighted by Gasteiger charge is -2.15. The first-order chi connectivity index (χ1) is 9.10. The Morgan fingerprint density at radius 1 is 1.47 bits per heavy atom. The third kappa shape index (κ3) is 2.34. The summed E-state index contributed by atoms with van der Waals surface area (Å²) in [5, 5.41) is 11.0. The zero-order valence-corrected chi connectivity index (χ0v) is 11.1. The van der Waals surface area contributed by atoms with Crippen LogP contribution in [0.1, 0.15) is 30.1 Å². The molecule has 1 heterocycles. The second-order valence-corrected chi connectivity index (χ2v) is 4.64. The Morgan fingerprint density at radius 3 is 2.84 bits per heavy atom. The minimum Gasteiger partial charge on any atom is -0.388 e. The lowest BCUT2D eigenvalue weighted by molar-refractivity contribution is 0.168. The number of aromatic nitrogens is 1. The highest BCUT2D eigenvalue weighted by atomic mass is 19.1. The normalized spacial score (nSPS) is 12.6. The van der Waals surface area contributed by atoms with Crippen LogP contribution >= 0.6 is 0 Å². The highest BCUT2D eigenvalue weighted by Crippen LogP contribution is 2.31. The van der Waals surface area contributed by atoms with E-state index < -0.39 is 6.10 Å². The average molecular weight is 259 g/mol. The fraction of sp³-hybridized carbons (Fsp3) is 0.250. The van der Waals surface area contributed by atoms with Crippen LogP contribution in [0.5, 0.6) is 0 Å². The van der Waals surface area contributed by atoms with E-state index in [1.165, 1.54) is 6.08 Å². The van der Waals surface area contributed by atoms with Gasteiger partial charge in [-0.15, -0.1) is 6.58 Å². The van der Waals surface area contributed by atoms with Crippen LogP contribution in [-0.2, 0) is 7.05 Å². The lowest BCUT2D eigenvalue weighted by atomic mass is 9.96. The van der Waals surface area contributed by atoms with E-state index in [1.54, 1.807) is 23.9 Å². The number of rotatable bonds is 5. The summed E-state index contributed by atoms with van der Waals surface area (Å²) < 4.78 is 16.2. The number of benzene rings is 1. The zero-order chi connectivity index (χ0) is 14.0. The van der Waals surface area contributed by atoms with Gasteiger partial charge in [0.05, 0.1) is 11.6 Å². The molecule has 2 nitrogen and oxygen atoms in total. The van der Waals surface area contributed by atoms with Crippen LogP contribution in [0.15, 0.2) is 37.6 Å². The molecular weight excluding hydrogens is 241 g/mol. The lowest BCUT2D eigenvalue weighted by Crippen LogP contribution is -2.03. The number of aryl methyl sites for hydroxylation is 1. The molecule has 19 heavy (non-hydrogen) atoms. The van der Waals surface area contributed by atoms with E-state index in [0.29, 0.717) is 29.5 Å². The van der Waals surface area contributed by atoms with Gasteiger partial charge in [0, 0.05) is 24.2 Å². The Hall–Kier alpha value is -1.87. The molecule has 2 rings (SSSR count). The van der Waals surface area contributed by atoms with Crippen LogP contribution in [0.25, 0.3) is 17.0 Å². The minimum atomic E-state index is -0.704. The van der Waals surface area contributed by atoms with Crippen LogP contribution in [0, 0.1) is 5.82 Å². The molecule has 1 atom stereocenters. The molecule has 0 bridgehead atoms. The fourth-order valence-corrected chi connectivity index (χ4v) is 2.36. The summed E-state index contributed by atoms with van der Waals surface area (Å²) >= 11 is 0. The van der Waals surface area contributed by atoms with Gasteiger partial charge in [0.25, 0.3) is 0 Å². The second kappa shape index (κ2) is 5.41. The molecule has 0 saturated heterocycles. The predicted molar refractivity (Wildman–Crippen MR) is 77.4 cm³/mol. The number of hydrogen-bond donors (Lipinski definition) is 1. The van der Waals surface area contributed by atoms with Gasteiger partial charge in [-0.2, -0.15) is 0 Å². The molecule has 1 N–H and O–H groups in total. The van der Waals surface area contributed by atoms with Crippen LogP contribution in [0.3, 0.4) is 0 Å². The van der Waals surface area contributed by atoms with E-state index in [0.717, 1.165) is 5.39 Å². The molecule has 1 aromatic heterocycles. The van der Waals surface area contributed by atoms with Gasteiger partial charge >= 0.3 is 0 Å². The topological polar surface area (TPSA) is 25.2 Å². The zero-order valence-electron chi connectivity index (χ0n) is 11.1. The Morgan fingerprint density at radius 2 is 2.21 bits per heavy atom. The van der Waals surface area contributed by atoms with Crippen molar-refractivity contribution < 1.29 is 9.50 Å². The standard InChI is InChI=1S/C16H18FNO/c1-4-6-7-14(19)13-10-11-8-9-18(3)16(11)15(17)12(13)5-2/h4-5,8-10,14,19H,1-2,6-7H2,3H3. The summed E-state index contributed by atoms with van der Waals surface area (Å²) in [7, 11) is 1.80. The van der Waals surface area contributed by atoms with Crippen molar-refractivity contribution in [1.82, 2.24) is 4.57 Å². The first-order valence-corrected chi connectivity index (χ1v) is 6.29. The Bertz CT molecular complexity index is 627. The van der Waals surface area contributed by atoms with Crippen molar-refractivity contribution in [2.75, 3.05) is 0 Å². The quantitative estimate of drug-likeness (QED) is 0.808. The van der Waals surface area contributed by atoms with Gasteiger partial charge in [0.1, 0.15) is 0 Å². The SMILES string of the molecule is C=CCCC(O)c1cc2ccn(C)c2c(F)c1C=C. The maximum atomic E-state index is 14.5. The maximum Gasteiger partial charge on any atom is 0.154 e. The maximum absolute atomic E-state index is 14.5. The van der Waals surface area contributed by atoms with E-state index in [-0.39, 0.29) is 5.82 Å². The van der Waals surface area contributed by atoms with Crippen molar-refractivity contribution >= 4 is 17.0 Å². The number of aliphatic hydroxyl groups excluding tert-OH is 1. The predicted octanol–water partition coefficient (Wildman–Crippen LogP) is 3.96. The van der Waals surface area contributed by atoms with Crippen molar-refractivity contribution in [3.63, 3.8) is 0 Å². The van der Waals surface area contributed by atoms with Gasteiger partial charge in [0.15, 0.2) is 5.82 Å². The minimum absolute atomic E-state index is 0.326. The van der Waals surface area contributed by atoms with Crippen molar-refractivity contribution in [2.45, 2.75) is 18.9 Å². The molecule has 0 aliphatic carbocycles. The van der Waals surface area contributed by atoms with E-state index in [9.17, 15) is 9.50 Å². The third-order valence-electron chi connectivity index (χ3n) is 3.38. The smallest absolute Gasteiger partial charge is 0.154 e. The Balaban J connectivity index is 2.60. The van der Waals surface area contributed by atoms with Gasteiger partial charge in [-0.25, -0.2) is 4.39 Å². The molecule has 0 spiro atoms. The number of fused-ring (bicyclic) bond motifs is 1. The van der Waals surface area contributed by atoms with Crippen molar-refractivity contribution in [1.29, 1.82) is 0 Å². The Labute approximate surface area is 112 Å². The molecule has 1 aromatic carbocycles. The van der Waals surface area contributed by atoms with Crippen molar-refractivity contribution in [3.8, 4) is 0 Å². The van der Waals surface area contributed by atoms with Gasteiger partial charge in [0.2, 0.25) is 0 Å². The summed E-state index contributed by atoms with van der Waals surface area (Å²) in [5.41, 5.74) is 1.51. The molecule has 0 amide bonds. The van der Waals surface area contributed by atoms with E-state index in [1.807, 2.05) is 12.1 Å². The van der Waals surface area contributed by atoms with Crippen LogP contribution < -0.4 is 0 Å². The number of allylic oxidation sites excluding steroid dienone is 1. The van der Waals surface area contributed by atoms with Crippen LogP contribution in [0.2, 0.25) is 0 Å². The molecule has 2 aromatic rings. The molecule has 0 aliphatic rings. The summed E-state index contributed by atoms with van der Waals surface area (Å²) in [6.07, 6.45) is 5.53. The number of nitrogens with zero attached hydrogens (tertiary/aromatic N) is 1. The fourth-order valence-electron chi connectivity index (χ4n) is 2.36. The molecule has 3 heteroatoms. The molecule has 100 valence electrons. The summed E-state index contributed by atoms with van der Waals surface area (Å²) in [6.45, 7) is 7.29. The first kappa shape index (κ1) is 13.6. The van der Waals surface area contributed by atoms with Gasteiger partial charge in [-0.05, 0) is 30.5 Å². The van der Waals surface area contributed by atoms with Gasteiger partial charge in [-0.1, -0.05) is 18.7 Å². The summed E-state index contributed by atoms with van der Waals surface area (Å²) in [4.78, 5) is 0. The highest BCUT2D eigenvalue weighted by molar-refractivity contribution is 5.85. The van der Waals surface area contributed by atoms with Crippen molar-refractivity contribution in [2.24, 2.45) is 7.05 Å². The number of hydrogen-bond acceptors (Lipinski definition) is 1. The molecule has 0 radical (unpaired) electrons. The van der Waals surface area contributed by atoms with E-state index in [4.69, 9.17) is 0 Å². The second-order valence-electron chi connectivity index (χ2n) is 4.64. The Kier molecular flexibility index (Phi) is 3.86. The van der Waals surface area contributed by atoms with Gasteiger partial charge in [-0.3, -0.25) is 0 Å². The van der Waals surface area contributed by atoms with E-state index >= 15 is 0 Å². The number of halogens is 1. The average Bonchev–Trinajstić information content (AvgIpc) is 2.77. The largest absolute Gasteiger partial charge is 0.388 e. The monoisotopic (exact) mass is 259 g/mol. The van der Waals surface area contributed by atoms with Crippen LogP contribution in [-0.4, -0.2) is 9.67 Å². The summed E-state index contributed by atoms with van der Waals surface area (Å²) in [5.74, 6) is -0.326. The third-order valence-corrected chi connectivity index (χ3v) is 3.38. The van der Waals surface area contributed by atoms with Gasteiger partial charge < -0.3 is 9.67 Å². The van der Waals surface area contributed by atoms with E-state index in [2.05, 4.69) is 13.2 Å². The first-order valence-electron chi connectivity index (χ1n) is 6.29. The van der Waals surface area contributed by atoms with Crippen molar-refractivity contribution in [3.05, 3.63) is 54.5 Å². The molecule has 1 unspecified atom stereocenters. The highest BCUT2D eigenvalue weighted by Gasteiger charge is 2.18. The van der Waals surface area contributed by atoms with Crippen LogP contribution in [0.4, 0.5) is 4.39 Å². The summed E-state index contributed by atoms with van der Waals surface area (Å²) in [6, 6.07) is 3.68. The molecule has 0 aliphatic heterocycles. The molecule has 0 fully saturated rings. The number of aliphatic hydroxyl groups is 1. The molecule has 0 saturated carbocycles. The molecular formula is C16H18FNO.